The summed E-state index contributed by atoms with van der Waals surface area (Å²) in [6, 6.07) is 7.61. The van der Waals surface area contributed by atoms with Gasteiger partial charge >= 0.3 is 6.09 Å². The lowest BCUT2D eigenvalue weighted by atomic mass is 9.91. The Morgan fingerprint density at radius 3 is 2.37 bits per heavy atom. The number of nitrogens with zero attached hydrogens (tertiary/aromatic N) is 2. The monoisotopic (exact) mass is 429 g/mol. The van der Waals surface area contributed by atoms with E-state index in [-0.39, 0.29) is 17.4 Å². The number of carbonyl (C=O) groups is 2. The van der Waals surface area contributed by atoms with Crippen LogP contribution in [0.25, 0.3) is 0 Å². The maximum absolute atomic E-state index is 14.5. The molecule has 0 radical (unpaired) electrons. The quantitative estimate of drug-likeness (QED) is 0.729. The van der Waals surface area contributed by atoms with Crippen LogP contribution in [0.1, 0.15) is 22.7 Å². The van der Waals surface area contributed by atoms with Crippen molar-refractivity contribution in [2.24, 2.45) is 0 Å². The van der Waals surface area contributed by atoms with Crippen LogP contribution >= 0.6 is 0 Å². The number of benzene rings is 2. The lowest BCUT2D eigenvalue weighted by Crippen LogP contribution is -2.45. The van der Waals surface area contributed by atoms with Crippen LogP contribution < -0.4 is 10.5 Å². The molecule has 1 aliphatic rings. The highest BCUT2D eigenvalue weighted by Gasteiger charge is 2.36. The number of amides is 2. The van der Waals surface area contributed by atoms with Gasteiger partial charge in [0.15, 0.2) is 0 Å². The lowest BCUT2D eigenvalue weighted by Gasteiger charge is -2.34. The number of fused-ring (bicyclic) bond motifs is 1. The van der Waals surface area contributed by atoms with E-state index in [4.69, 9.17) is 5.26 Å². The van der Waals surface area contributed by atoms with E-state index in [9.17, 15) is 23.5 Å². The van der Waals surface area contributed by atoms with E-state index in [0.29, 0.717) is 23.1 Å². The highest BCUT2D eigenvalue weighted by atomic mass is 28.3. The number of halogens is 2. The second-order valence-electron chi connectivity index (χ2n) is 8.21. The fraction of sp³-hybridized carbons (Fsp3) is 0.286. The minimum atomic E-state index is -2.27. The predicted octanol–water partition coefficient (Wildman–Crippen LogP) is 3.60. The van der Waals surface area contributed by atoms with Gasteiger partial charge in [0.1, 0.15) is 17.7 Å². The van der Waals surface area contributed by atoms with Gasteiger partial charge in [-0.25, -0.2) is 13.6 Å². The van der Waals surface area contributed by atoms with E-state index >= 15 is 0 Å². The van der Waals surface area contributed by atoms with Crippen molar-refractivity contribution >= 4 is 30.9 Å². The number of nitrogens with one attached hydrogen (secondary N) is 1. The first-order valence-electron chi connectivity index (χ1n) is 9.36. The molecule has 0 spiro atoms. The van der Waals surface area contributed by atoms with Gasteiger partial charge in [0.2, 0.25) is 0 Å². The Morgan fingerprint density at radius 2 is 1.83 bits per heavy atom. The zero-order chi connectivity index (χ0) is 22.2. The largest absolute Gasteiger partial charge is 0.465 e. The molecule has 3 rings (SSSR count). The Morgan fingerprint density at radius 1 is 1.20 bits per heavy atom. The minimum Gasteiger partial charge on any atom is -0.465 e. The van der Waals surface area contributed by atoms with Crippen molar-refractivity contribution < 1.29 is 23.5 Å². The van der Waals surface area contributed by atoms with Gasteiger partial charge in [-0.2, -0.15) is 5.26 Å². The summed E-state index contributed by atoms with van der Waals surface area (Å²) in [5.41, 5.74) is 1.46. The van der Waals surface area contributed by atoms with E-state index in [0.717, 1.165) is 17.0 Å². The number of carbonyl (C=O) groups excluding carboxylic acids is 1. The molecule has 2 aromatic carbocycles. The Balaban J connectivity index is 1.97. The highest BCUT2D eigenvalue weighted by Crippen LogP contribution is 2.32. The average Bonchev–Trinajstić information content (AvgIpc) is 2.64. The van der Waals surface area contributed by atoms with Crippen LogP contribution in [0.2, 0.25) is 19.6 Å². The van der Waals surface area contributed by atoms with Crippen molar-refractivity contribution in [3.05, 3.63) is 58.7 Å². The topological polar surface area (TPSA) is 93.4 Å². The third-order valence-corrected chi connectivity index (χ3v) is 7.03. The number of carboxylic acid groups (broad SMARTS) is 1. The summed E-state index contributed by atoms with van der Waals surface area (Å²) in [7, 11) is -2.27. The summed E-state index contributed by atoms with van der Waals surface area (Å²) < 4.78 is 29.1. The molecular weight excluding hydrogens is 408 g/mol. The fourth-order valence-electron chi connectivity index (χ4n) is 3.76. The van der Waals surface area contributed by atoms with Gasteiger partial charge in [-0.1, -0.05) is 25.7 Å². The van der Waals surface area contributed by atoms with Crippen molar-refractivity contribution in [3.8, 4) is 6.07 Å². The van der Waals surface area contributed by atoms with Gasteiger partial charge in [0.05, 0.1) is 19.7 Å². The van der Waals surface area contributed by atoms with Gasteiger partial charge in [0, 0.05) is 17.4 Å². The molecule has 2 amide bonds. The smallest absolute Gasteiger partial charge is 0.408 e. The normalized spacial score (nSPS) is 15.9. The SMILES string of the molecule is C[Si](C)(C)c1c(F)cc(NC(=O)[C@H]2c3ccc(C#N)cc3CCN2C(=O)O)cc1F. The maximum atomic E-state index is 14.5. The van der Waals surface area contributed by atoms with E-state index < -0.39 is 37.8 Å². The molecule has 1 heterocycles. The van der Waals surface area contributed by atoms with Gasteiger partial charge in [-0.3, -0.25) is 9.69 Å². The summed E-state index contributed by atoms with van der Waals surface area (Å²) in [6.45, 7) is 5.50. The molecule has 2 N–H and O–H groups in total. The number of rotatable bonds is 3. The van der Waals surface area contributed by atoms with E-state index in [1.807, 2.05) is 25.7 Å². The molecule has 0 aliphatic carbocycles. The van der Waals surface area contributed by atoms with Crippen molar-refractivity contribution in [1.29, 1.82) is 5.26 Å². The number of hydrogen-bond acceptors (Lipinski definition) is 3. The fourth-order valence-corrected chi connectivity index (χ4v) is 5.34. The Labute approximate surface area is 173 Å². The first kappa shape index (κ1) is 21.5. The maximum Gasteiger partial charge on any atom is 0.408 e. The molecule has 0 aromatic heterocycles. The molecular formula is C21H21F2N3O3Si. The van der Waals surface area contributed by atoms with Crippen LogP contribution in [0.4, 0.5) is 19.3 Å². The third-order valence-electron chi connectivity index (χ3n) is 5.05. The van der Waals surface area contributed by atoms with Crippen molar-refractivity contribution in [2.75, 3.05) is 11.9 Å². The number of anilines is 1. The standard InChI is InChI=1S/C21H21F2N3O3Si/c1-30(2,3)19-16(22)9-14(10-17(19)23)25-20(27)18-15-5-4-12(11-24)8-13(15)6-7-26(18)21(28)29/h4-5,8-10,18H,6-7H2,1-3H3,(H,25,27)(H,28,29)/t18-/m1/s1. The van der Waals surface area contributed by atoms with Crippen LogP contribution in [0.5, 0.6) is 0 Å². The summed E-state index contributed by atoms with van der Waals surface area (Å²) in [5, 5.41) is 21.1. The zero-order valence-electron chi connectivity index (χ0n) is 16.8. The molecule has 1 atom stereocenters. The number of nitriles is 1. The van der Waals surface area contributed by atoms with Gasteiger partial charge in [0.25, 0.3) is 5.91 Å². The van der Waals surface area contributed by atoms with Crippen LogP contribution in [-0.4, -0.2) is 36.6 Å². The molecule has 1 aliphatic heterocycles. The molecule has 2 aromatic rings. The Hall–Kier alpha value is -3.25. The Kier molecular flexibility index (Phi) is 5.63. The van der Waals surface area contributed by atoms with Gasteiger partial charge < -0.3 is 10.4 Å². The van der Waals surface area contributed by atoms with Crippen molar-refractivity contribution in [2.45, 2.75) is 32.1 Å². The molecule has 0 unspecified atom stereocenters. The minimum absolute atomic E-state index is 0.0414. The summed E-state index contributed by atoms with van der Waals surface area (Å²) >= 11 is 0. The summed E-state index contributed by atoms with van der Waals surface area (Å²) in [5.74, 6) is -2.19. The van der Waals surface area contributed by atoms with Crippen LogP contribution in [-0.2, 0) is 11.2 Å². The van der Waals surface area contributed by atoms with Crippen LogP contribution in [0.15, 0.2) is 30.3 Å². The Bertz CT molecular complexity index is 1050. The molecule has 156 valence electrons. The zero-order valence-corrected chi connectivity index (χ0v) is 17.8. The molecule has 0 saturated heterocycles. The number of hydrogen-bond donors (Lipinski definition) is 2. The third kappa shape index (κ3) is 4.04. The lowest BCUT2D eigenvalue weighted by molar-refractivity contribution is -0.121. The molecule has 0 saturated carbocycles. The molecule has 0 bridgehead atoms. The first-order valence-corrected chi connectivity index (χ1v) is 12.9. The van der Waals surface area contributed by atoms with E-state index in [1.165, 1.54) is 6.07 Å². The molecule has 0 fully saturated rings. The second-order valence-corrected chi connectivity index (χ2v) is 13.2. The second kappa shape index (κ2) is 7.87. The summed E-state index contributed by atoms with van der Waals surface area (Å²) in [4.78, 5) is 25.7. The first-order chi connectivity index (χ1) is 14.0. The summed E-state index contributed by atoms with van der Waals surface area (Å²) in [6.07, 6.45) is -0.925. The molecule has 30 heavy (non-hydrogen) atoms. The van der Waals surface area contributed by atoms with Crippen molar-refractivity contribution in [1.82, 2.24) is 4.90 Å². The van der Waals surface area contributed by atoms with Gasteiger partial charge in [-0.15, -0.1) is 0 Å². The predicted molar refractivity (Wildman–Crippen MR) is 110 cm³/mol. The van der Waals surface area contributed by atoms with Crippen molar-refractivity contribution in [3.63, 3.8) is 0 Å². The van der Waals surface area contributed by atoms with E-state index in [1.54, 1.807) is 12.1 Å². The average molecular weight is 429 g/mol. The molecule has 9 heteroatoms. The van der Waals surface area contributed by atoms with Gasteiger partial charge in [-0.05, 0) is 41.8 Å². The molecule has 6 nitrogen and oxygen atoms in total. The van der Waals surface area contributed by atoms with E-state index in [2.05, 4.69) is 5.32 Å². The van der Waals surface area contributed by atoms with Crippen LogP contribution in [0, 0.1) is 23.0 Å². The van der Waals surface area contributed by atoms with Crippen LogP contribution in [0.3, 0.4) is 0 Å². The highest BCUT2D eigenvalue weighted by molar-refractivity contribution is 6.88.